The van der Waals surface area contributed by atoms with Gasteiger partial charge in [0.05, 0.1) is 5.41 Å². The Morgan fingerprint density at radius 2 is 2.44 bits per heavy atom. The van der Waals surface area contributed by atoms with Crippen molar-refractivity contribution < 1.29 is 9.18 Å². The van der Waals surface area contributed by atoms with Crippen LogP contribution < -0.4 is 0 Å². The zero-order valence-electron chi connectivity index (χ0n) is 9.48. The van der Waals surface area contributed by atoms with Crippen LogP contribution in [0.2, 0.25) is 0 Å². The van der Waals surface area contributed by atoms with Crippen LogP contribution in [0, 0.1) is 5.41 Å². The summed E-state index contributed by atoms with van der Waals surface area (Å²) in [5.41, 5.74) is 0.176. The summed E-state index contributed by atoms with van der Waals surface area (Å²) >= 11 is 0. The SMILES string of the molecule is CN(Cc1cccnc1)C(=O)C1(C)CC1F. The van der Waals surface area contributed by atoms with Crippen molar-refractivity contribution in [3.8, 4) is 0 Å². The fraction of sp³-hybridized carbons (Fsp3) is 0.500. The molecular formula is C12H15FN2O. The van der Waals surface area contributed by atoms with Crippen molar-refractivity contribution in [2.24, 2.45) is 5.41 Å². The first-order valence-electron chi connectivity index (χ1n) is 5.32. The molecule has 1 fully saturated rings. The lowest BCUT2D eigenvalue weighted by molar-refractivity contribution is -0.136. The Balaban J connectivity index is 1.99. The fourth-order valence-corrected chi connectivity index (χ4v) is 1.81. The third-order valence-electron chi connectivity index (χ3n) is 3.11. The average Bonchev–Trinajstić information content (AvgIpc) is 2.88. The van der Waals surface area contributed by atoms with Gasteiger partial charge >= 0.3 is 0 Å². The number of hydrogen-bond acceptors (Lipinski definition) is 2. The summed E-state index contributed by atoms with van der Waals surface area (Å²) in [4.78, 5) is 17.5. The molecule has 86 valence electrons. The van der Waals surface area contributed by atoms with Gasteiger partial charge in [-0.1, -0.05) is 6.07 Å². The topological polar surface area (TPSA) is 33.2 Å². The van der Waals surface area contributed by atoms with E-state index >= 15 is 0 Å². The first-order chi connectivity index (χ1) is 7.54. The van der Waals surface area contributed by atoms with Crippen molar-refractivity contribution in [3.63, 3.8) is 0 Å². The minimum absolute atomic E-state index is 0.121. The van der Waals surface area contributed by atoms with E-state index in [2.05, 4.69) is 4.98 Å². The van der Waals surface area contributed by atoms with Crippen molar-refractivity contribution in [2.75, 3.05) is 7.05 Å². The number of alkyl halides is 1. The monoisotopic (exact) mass is 222 g/mol. The van der Waals surface area contributed by atoms with E-state index in [1.165, 1.54) is 0 Å². The molecule has 0 saturated heterocycles. The van der Waals surface area contributed by atoms with Gasteiger partial charge in [0.25, 0.3) is 0 Å². The van der Waals surface area contributed by atoms with Gasteiger partial charge < -0.3 is 4.90 Å². The smallest absolute Gasteiger partial charge is 0.231 e. The molecule has 0 aromatic carbocycles. The molecule has 0 spiro atoms. The van der Waals surface area contributed by atoms with Crippen molar-refractivity contribution in [1.29, 1.82) is 0 Å². The van der Waals surface area contributed by atoms with Gasteiger partial charge in [0.1, 0.15) is 6.17 Å². The van der Waals surface area contributed by atoms with Crippen molar-refractivity contribution in [3.05, 3.63) is 30.1 Å². The van der Waals surface area contributed by atoms with E-state index in [-0.39, 0.29) is 5.91 Å². The number of nitrogens with zero attached hydrogens (tertiary/aromatic N) is 2. The van der Waals surface area contributed by atoms with Gasteiger partial charge in [0, 0.05) is 26.0 Å². The van der Waals surface area contributed by atoms with Crippen LogP contribution in [0.5, 0.6) is 0 Å². The predicted molar refractivity (Wildman–Crippen MR) is 58.3 cm³/mol. The van der Waals surface area contributed by atoms with Crippen LogP contribution in [-0.4, -0.2) is 29.0 Å². The molecule has 16 heavy (non-hydrogen) atoms. The second-order valence-corrected chi connectivity index (χ2v) is 4.61. The van der Waals surface area contributed by atoms with E-state index in [0.717, 1.165) is 5.56 Å². The van der Waals surface area contributed by atoms with Gasteiger partial charge in [-0.25, -0.2) is 4.39 Å². The van der Waals surface area contributed by atoms with Crippen LogP contribution in [0.4, 0.5) is 4.39 Å². The van der Waals surface area contributed by atoms with E-state index < -0.39 is 11.6 Å². The molecule has 0 aliphatic heterocycles. The van der Waals surface area contributed by atoms with E-state index in [9.17, 15) is 9.18 Å². The van der Waals surface area contributed by atoms with E-state index in [4.69, 9.17) is 0 Å². The number of aromatic nitrogens is 1. The lowest BCUT2D eigenvalue weighted by Gasteiger charge is -2.20. The van der Waals surface area contributed by atoms with Gasteiger partial charge in [0.2, 0.25) is 5.91 Å². The van der Waals surface area contributed by atoms with Crippen LogP contribution in [0.3, 0.4) is 0 Å². The molecule has 2 atom stereocenters. The van der Waals surface area contributed by atoms with Crippen LogP contribution >= 0.6 is 0 Å². The zero-order valence-corrected chi connectivity index (χ0v) is 9.48. The van der Waals surface area contributed by atoms with E-state index in [1.807, 2.05) is 12.1 Å². The largest absolute Gasteiger partial charge is 0.341 e. The number of carbonyl (C=O) groups excluding carboxylic acids is 1. The third-order valence-corrected chi connectivity index (χ3v) is 3.11. The standard InChI is InChI=1S/C12H15FN2O/c1-12(6-10(12)13)11(16)15(2)8-9-4-3-5-14-7-9/h3-5,7,10H,6,8H2,1-2H3. The molecule has 1 amide bonds. The molecule has 2 rings (SSSR count). The van der Waals surface area contributed by atoms with Crippen molar-refractivity contribution >= 4 is 5.91 Å². The maximum Gasteiger partial charge on any atom is 0.231 e. The molecule has 2 unspecified atom stereocenters. The van der Waals surface area contributed by atoms with Crippen LogP contribution in [-0.2, 0) is 11.3 Å². The number of hydrogen-bond donors (Lipinski definition) is 0. The Morgan fingerprint density at radius 1 is 1.75 bits per heavy atom. The minimum atomic E-state index is -0.976. The lowest BCUT2D eigenvalue weighted by atomic mass is 10.1. The number of amides is 1. The quantitative estimate of drug-likeness (QED) is 0.781. The molecule has 1 aromatic heterocycles. The highest BCUT2D eigenvalue weighted by molar-refractivity contribution is 5.85. The molecule has 4 heteroatoms. The van der Waals surface area contributed by atoms with Gasteiger partial charge in [-0.15, -0.1) is 0 Å². The summed E-state index contributed by atoms with van der Waals surface area (Å²) < 4.78 is 13.0. The molecule has 1 saturated carbocycles. The zero-order chi connectivity index (χ0) is 11.8. The van der Waals surface area contributed by atoms with Crippen molar-refractivity contribution in [1.82, 2.24) is 9.88 Å². The molecule has 0 bridgehead atoms. The van der Waals surface area contributed by atoms with Crippen LogP contribution in [0.1, 0.15) is 18.9 Å². The maximum absolute atomic E-state index is 13.0. The number of carbonyl (C=O) groups is 1. The molecule has 3 nitrogen and oxygen atoms in total. The summed E-state index contributed by atoms with van der Waals surface area (Å²) in [5.74, 6) is -0.121. The highest BCUT2D eigenvalue weighted by Crippen LogP contribution is 2.49. The molecule has 1 aliphatic carbocycles. The second-order valence-electron chi connectivity index (χ2n) is 4.61. The highest BCUT2D eigenvalue weighted by atomic mass is 19.1. The number of rotatable bonds is 3. The van der Waals surface area contributed by atoms with E-state index in [0.29, 0.717) is 13.0 Å². The first kappa shape index (κ1) is 11.0. The molecule has 1 aromatic rings. The normalized spacial score (nSPS) is 27.6. The minimum Gasteiger partial charge on any atom is -0.341 e. The number of halogens is 1. The van der Waals surface area contributed by atoms with Gasteiger partial charge in [0.15, 0.2) is 0 Å². The summed E-state index contributed by atoms with van der Waals surface area (Å²) in [5, 5.41) is 0. The Kier molecular flexibility index (Phi) is 2.66. The molecule has 1 aliphatic rings. The second kappa shape index (κ2) is 3.85. The Bertz CT molecular complexity index is 395. The van der Waals surface area contributed by atoms with Gasteiger partial charge in [-0.3, -0.25) is 9.78 Å². The Morgan fingerprint density at radius 3 is 2.94 bits per heavy atom. The predicted octanol–water partition coefficient (Wildman–Crippen LogP) is 1.79. The highest BCUT2D eigenvalue weighted by Gasteiger charge is 2.58. The van der Waals surface area contributed by atoms with Crippen LogP contribution in [0.25, 0.3) is 0 Å². The fourth-order valence-electron chi connectivity index (χ4n) is 1.81. The third kappa shape index (κ3) is 1.92. The lowest BCUT2D eigenvalue weighted by Crippen LogP contribution is -2.33. The summed E-state index contributed by atoms with van der Waals surface area (Å²) in [6.45, 7) is 2.16. The summed E-state index contributed by atoms with van der Waals surface area (Å²) in [6.07, 6.45) is 2.77. The molecule has 1 heterocycles. The summed E-state index contributed by atoms with van der Waals surface area (Å²) in [7, 11) is 1.70. The molecular weight excluding hydrogens is 207 g/mol. The number of pyridine rings is 1. The van der Waals surface area contributed by atoms with Crippen molar-refractivity contribution in [2.45, 2.75) is 26.1 Å². The maximum atomic E-state index is 13.0. The van der Waals surface area contributed by atoms with E-state index in [1.54, 1.807) is 31.3 Å². The molecule has 0 radical (unpaired) electrons. The van der Waals surface area contributed by atoms with Crippen LogP contribution in [0.15, 0.2) is 24.5 Å². The Labute approximate surface area is 94.3 Å². The first-order valence-corrected chi connectivity index (χ1v) is 5.32. The van der Waals surface area contributed by atoms with Gasteiger partial charge in [-0.2, -0.15) is 0 Å². The summed E-state index contributed by atoms with van der Waals surface area (Å²) in [6, 6.07) is 3.73. The van der Waals surface area contributed by atoms with Gasteiger partial charge in [-0.05, 0) is 25.0 Å². The average molecular weight is 222 g/mol. The molecule has 0 N–H and O–H groups in total. The Hall–Kier alpha value is -1.45.